The lowest BCUT2D eigenvalue weighted by Crippen LogP contribution is -2.47. The third kappa shape index (κ3) is 1.76. The van der Waals surface area contributed by atoms with E-state index in [1.54, 1.807) is 0 Å². The molecule has 0 bridgehead atoms. The van der Waals surface area contributed by atoms with Crippen LogP contribution in [0.1, 0.15) is 31.2 Å². The summed E-state index contributed by atoms with van der Waals surface area (Å²) in [5.41, 5.74) is -0.138. The topological polar surface area (TPSA) is 58.6 Å². The highest BCUT2D eigenvalue weighted by Crippen LogP contribution is 2.41. The lowest BCUT2D eigenvalue weighted by atomic mass is 9.83. The summed E-state index contributed by atoms with van der Waals surface area (Å²) in [7, 11) is 0. The van der Waals surface area contributed by atoms with Gasteiger partial charge in [-0.1, -0.05) is 24.6 Å². The Kier molecular flexibility index (Phi) is 2.71. The van der Waals surface area contributed by atoms with E-state index in [9.17, 15) is 9.59 Å². The van der Waals surface area contributed by atoms with Gasteiger partial charge in [0.1, 0.15) is 5.75 Å². The minimum Gasteiger partial charge on any atom is -0.493 e. The Balaban J connectivity index is 1.69. The van der Waals surface area contributed by atoms with Crippen LogP contribution in [0.5, 0.6) is 5.75 Å². The van der Waals surface area contributed by atoms with Gasteiger partial charge in [-0.15, -0.1) is 0 Å². The number of nitrogens with one attached hydrogen (secondary N) is 1. The van der Waals surface area contributed by atoms with E-state index >= 15 is 0 Å². The van der Waals surface area contributed by atoms with Crippen LogP contribution in [0.2, 0.25) is 0 Å². The molecule has 1 N–H and O–H groups in total. The van der Waals surface area contributed by atoms with E-state index in [2.05, 4.69) is 5.32 Å². The van der Waals surface area contributed by atoms with Crippen LogP contribution in [0.15, 0.2) is 24.3 Å². The molecule has 5 nitrogen and oxygen atoms in total. The van der Waals surface area contributed by atoms with Gasteiger partial charge in [0.05, 0.1) is 6.61 Å². The molecule has 5 heteroatoms. The van der Waals surface area contributed by atoms with E-state index < -0.39 is 5.54 Å². The molecule has 3 amide bonds. The normalized spacial score (nSPS) is 28.1. The predicted octanol–water partition coefficient (Wildman–Crippen LogP) is 2.02. The first-order valence-electron chi connectivity index (χ1n) is 7.57. The minimum atomic E-state index is -0.921. The van der Waals surface area contributed by atoms with Crippen molar-refractivity contribution in [1.29, 1.82) is 0 Å². The van der Waals surface area contributed by atoms with Crippen molar-refractivity contribution in [2.75, 3.05) is 13.2 Å². The molecule has 0 radical (unpaired) electrons. The van der Waals surface area contributed by atoms with Gasteiger partial charge in [-0.05, 0) is 24.8 Å². The fraction of sp³-hybridized carbons (Fsp3) is 0.500. The van der Waals surface area contributed by atoms with E-state index in [0.29, 0.717) is 31.2 Å². The summed E-state index contributed by atoms with van der Waals surface area (Å²) in [5, 5.41) is 2.94. The Hall–Kier alpha value is -2.04. The van der Waals surface area contributed by atoms with Crippen LogP contribution in [-0.4, -0.2) is 30.0 Å². The predicted molar refractivity (Wildman–Crippen MR) is 75.8 cm³/mol. The molecule has 1 aromatic carbocycles. The molecule has 21 heavy (non-hydrogen) atoms. The van der Waals surface area contributed by atoms with Crippen LogP contribution in [0.4, 0.5) is 4.79 Å². The van der Waals surface area contributed by atoms with Crippen LogP contribution in [0.25, 0.3) is 0 Å². The maximum Gasteiger partial charge on any atom is 0.325 e. The van der Waals surface area contributed by atoms with Gasteiger partial charge < -0.3 is 10.1 Å². The first-order valence-corrected chi connectivity index (χ1v) is 7.57. The van der Waals surface area contributed by atoms with Gasteiger partial charge in [0.25, 0.3) is 5.91 Å². The number of hydrogen-bond donors (Lipinski definition) is 1. The molecule has 1 saturated carbocycles. The molecular weight excluding hydrogens is 268 g/mol. The van der Waals surface area contributed by atoms with Gasteiger partial charge in [0, 0.05) is 18.5 Å². The second kappa shape index (κ2) is 4.48. The van der Waals surface area contributed by atoms with Crippen molar-refractivity contribution in [3.63, 3.8) is 0 Å². The van der Waals surface area contributed by atoms with Gasteiger partial charge >= 0.3 is 6.03 Å². The molecule has 1 aromatic rings. The quantitative estimate of drug-likeness (QED) is 0.846. The van der Waals surface area contributed by atoms with E-state index in [1.807, 2.05) is 24.3 Å². The first kappa shape index (κ1) is 12.7. The van der Waals surface area contributed by atoms with Crippen molar-refractivity contribution in [3.05, 3.63) is 29.8 Å². The molecule has 2 aliphatic heterocycles. The fourth-order valence-electron chi connectivity index (χ4n) is 3.47. The first-order chi connectivity index (χ1) is 10.2. The zero-order chi connectivity index (χ0) is 14.4. The smallest absolute Gasteiger partial charge is 0.325 e. The highest BCUT2D eigenvalue weighted by atomic mass is 16.5. The minimum absolute atomic E-state index is 0.116. The van der Waals surface area contributed by atoms with Crippen molar-refractivity contribution < 1.29 is 14.3 Å². The third-order valence-corrected chi connectivity index (χ3v) is 4.92. The molecule has 0 aromatic heterocycles. The van der Waals surface area contributed by atoms with Crippen molar-refractivity contribution in [1.82, 2.24) is 10.2 Å². The summed E-state index contributed by atoms with van der Waals surface area (Å²) in [5.74, 6) is 1.06. The number of rotatable bonds is 2. The number of nitrogens with zero attached hydrogens (tertiary/aromatic N) is 1. The zero-order valence-corrected chi connectivity index (χ0v) is 11.8. The van der Waals surface area contributed by atoms with Gasteiger partial charge in [-0.3, -0.25) is 9.69 Å². The Morgan fingerprint density at radius 3 is 2.86 bits per heavy atom. The van der Waals surface area contributed by atoms with Gasteiger partial charge in [0.15, 0.2) is 5.54 Å². The molecule has 1 atom stereocenters. The number of benzene rings is 1. The van der Waals surface area contributed by atoms with Crippen LogP contribution in [0.3, 0.4) is 0 Å². The number of carbonyl (C=O) groups is 2. The van der Waals surface area contributed by atoms with E-state index in [-0.39, 0.29) is 11.9 Å². The van der Waals surface area contributed by atoms with Crippen LogP contribution >= 0.6 is 0 Å². The molecule has 2 fully saturated rings. The van der Waals surface area contributed by atoms with Gasteiger partial charge in [-0.2, -0.15) is 0 Å². The average Bonchev–Trinajstić information content (AvgIpc) is 2.67. The van der Waals surface area contributed by atoms with Gasteiger partial charge in [0.2, 0.25) is 0 Å². The average molecular weight is 286 g/mol. The maximum absolute atomic E-state index is 12.9. The zero-order valence-electron chi connectivity index (χ0n) is 11.8. The number of carbonyl (C=O) groups excluding carboxylic acids is 2. The summed E-state index contributed by atoms with van der Waals surface area (Å²) in [6.07, 6.45) is 3.93. The van der Waals surface area contributed by atoms with Crippen LogP contribution in [-0.2, 0) is 10.3 Å². The molecule has 3 aliphatic rings. The highest BCUT2D eigenvalue weighted by Gasteiger charge is 2.55. The lowest BCUT2D eigenvalue weighted by Gasteiger charge is -2.34. The Labute approximate surface area is 123 Å². The molecule has 2 heterocycles. The Bertz CT molecular complexity index is 611. The number of imide groups is 1. The van der Waals surface area contributed by atoms with E-state index in [0.717, 1.165) is 18.4 Å². The molecular formula is C16H18N2O3. The van der Waals surface area contributed by atoms with Crippen molar-refractivity contribution in [3.8, 4) is 5.75 Å². The standard InChI is InChI=1S/C16H18N2O3/c19-14-16(8-9-21-13-7-2-1-6-12(13)16)17-15(20)18(14)10-11-4-3-5-11/h1-2,6-7,11H,3-5,8-10H2,(H,17,20). The summed E-state index contributed by atoms with van der Waals surface area (Å²) in [6.45, 7) is 0.996. The number of fused-ring (bicyclic) bond motifs is 2. The number of hydrogen-bond acceptors (Lipinski definition) is 3. The van der Waals surface area contributed by atoms with Crippen molar-refractivity contribution >= 4 is 11.9 Å². The molecule has 1 unspecified atom stereocenters. The number of urea groups is 1. The number of para-hydroxylation sites is 1. The lowest BCUT2D eigenvalue weighted by molar-refractivity contribution is -0.133. The second-order valence-corrected chi connectivity index (χ2v) is 6.14. The fourth-order valence-corrected chi connectivity index (χ4v) is 3.47. The Morgan fingerprint density at radius 1 is 1.29 bits per heavy atom. The SMILES string of the molecule is O=C1NC2(CCOc3ccccc32)C(=O)N1CC1CCC1. The van der Waals surface area contributed by atoms with Gasteiger partial charge in [-0.25, -0.2) is 4.79 Å². The second-order valence-electron chi connectivity index (χ2n) is 6.14. The summed E-state index contributed by atoms with van der Waals surface area (Å²) >= 11 is 0. The molecule has 4 rings (SSSR count). The number of ether oxygens (including phenoxy) is 1. The van der Waals surface area contributed by atoms with E-state index in [4.69, 9.17) is 4.74 Å². The van der Waals surface area contributed by atoms with Crippen LogP contribution < -0.4 is 10.1 Å². The van der Waals surface area contributed by atoms with Crippen molar-refractivity contribution in [2.45, 2.75) is 31.2 Å². The number of amides is 3. The molecule has 1 saturated heterocycles. The van der Waals surface area contributed by atoms with Crippen molar-refractivity contribution in [2.24, 2.45) is 5.92 Å². The summed E-state index contributed by atoms with van der Waals surface area (Å²) in [6, 6.07) is 7.22. The summed E-state index contributed by atoms with van der Waals surface area (Å²) < 4.78 is 5.62. The molecule has 110 valence electrons. The highest BCUT2D eigenvalue weighted by molar-refractivity contribution is 6.08. The molecule has 1 spiro atoms. The third-order valence-electron chi connectivity index (χ3n) is 4.92. The maximum atomic E-state index is 12.9. The van der Waals surface area contributed by atoms with E-state index in [1.165, 1.54) is 11.3 Å². The Morgan fingerprint density at radius 2 is 2.10 bits per heavy atom. The molecule has 1 aliphatic carbocycles. The van der Waals surface area contributed by atoms with Crippen LogP contribution in [0, 0.1) is 5.92 Å². The monoisotopic (exact) mass is 286 g/mol. The summed E-state index contributed by atoms with van der Waals surface area (Å²) in [4.78, 5) is 26.6. The largest absolute Gasteiger partial charge is 0.493 e.